The minimum Gasteiger partial charge on any atom is -0.457 e. The predicted octanol–water partition coefficient (Wildman–Crippen LogP) is 10.7. The summed E-state index contributed by atoms with van der Waals surface area (Å²) in [6.07, 6.45) is 9.58. The van der Waals surface area contributed by atoms with Gasteiger partial charge in [-0.2, -0.15) is 0 Å². The number of rotatable bonds is 5. The number of hydrogen-bond donors (Lipinski definition) is 0. The first kappa shape index (κ1) is 27.6. The summed E-state index contributed by atoms with van der Waals surface area (Å²) >= 11 is 0. The molecular weight excluding hydrogens is 578 g/mol. The smallest absolute Gasteiger partial charge is 0.145 e. The lowest BCUT2D eigenvalue weighted by molar-refractivity contribution is 0.484. The van der Waals surface area contributed by atoms with E-state index in [0.717, 1.165) is 60.9 Å². The Bertz CT molecular complexity index is 2650. The van der Waals surface area contributed by atoms with E-state index in [1.165, 1.54) is 27.6 Å². The van der Waals surface area contributed by atoms with Crippen molar-refractivity contribution in [2.24, 2.45) is 0 Å². The molecule has 4 aromatic carbocycles. The second-order valence-corrected chi connectivity index (χ2v) is 13.0. The largest absolute Gasteiger partial charge is 0.457 e. The van der Waals surface area contributed by atoms with Crippen molar-refractivity contribution >= 4 is 54.8 Å². The zero-order valence-corrected chi connectivity index (χ0v) is 26.8. The molecule has 47 heavy (non-hydrogen) atoms. The van der Waals surface area contributed by atoms with Gasteiger partial charge in [0.05, 0.1) is 16.6 Å². The number of hydrogen-bond acceptors (Lipinski definition) is 4. The highest BCUT2D eigenvalue weighted by atomic mass is 16.5. The molecule has 228 valence electrons. The van der Waals surface area contributed by atoms with Crippen molar-refractivity contribution in [2.75, 3.05) is 0 Å². The maximum atomic E-state index is 6.52. The van der Waals surface area contributed by atoms with Gasteiger partial charge in [0.25, 0.3) is 0 Å². The first-order valence-corrected chi connectivity index (χ1v) is 16.2. The topological polar surface area (TPSA) is 56.7 Å². The molecule has 0 radical (unpaired) electrons. The van der Waals surface area contributed by atoms with Gasteiger partial charge < -0.3 is 4.74 Å². The molecule has 0 saturated carbocycles. The standard InChI is InChI=1S/C41H33N5O/c1-24(2)29-7-5-8-30(25(3)4)38(29)26-10-13-32-31-14-11-27(22-34(31)40-43-18-20-46(40)37(32)21-26)47-28-12-15-33-35(23-28)41-44-17-19-45(41)36-9-6-16-42-39(33)36/h5-25H,1-4H3. The van der Waals surface area contributed by atoms with E-state index < -0.39 is 0 Å². The maximum Gasteiger partial charge on any atom is 0.145 e. The Labute approximate surface area is 271 Å². The molecule has 6 heteroatoms. The number of aromatic nitrogens is 5. The fourth-order valence-electron chi connectivity index (χ4n) is 7.31. The van der Waals surface area contributed by atoms with Gasteiger partial charge in [0.15, 0.2) is 0 Å². The number of pyridine rings is 3. The van der Waals surface area contributed by atoms with Gasteiger partial charge in [0.2, 0.25) is 0 Å². The average Bonchev–Trinajstić information content (AvgIpc) is 3.79. The first-order valence-electron chi connectivity index (χ1n) is 16.2. The van der Waals surface area contributed by atoms with Crippen LogP contribution in [0.5, 0.6) is 11.5 Å². The summed E-state index contributed by atoms with van der Waals surface area (Å²) in [5.41, 5.74) is 10.3. The Morgan fingerprint density at radius 1 is 0.532 bits per heavy atom. The van der Waals surface area contributed by atoms with E-state index >= 15 is 0 Å². The molecule has 0 bridgehead atoms. The van der Waals surface area contributed by atoms with E-state index in [-0.39, 0.29) is 0 Å². The molecule has 0 aliphatic carbocycles. The first-order chi connectivity index (χ1) is 23.0. The molecule has 0 aliphatic rings. The van der Waals surface area contributed by atoms with Crippen LogP contribution in [-0.2, 0) is 0 Å². The lowest BCUT2D eigenvalue weighted by Gasteiger charge is -2.20. The third-order valence-corrected chi connectivity index (χ3v) is 9.49. The van der Waals surface area contributed by atoms with Crippen LogP contribution in [0.4, 0.5) is 0 Å². The van der Waals surface area contributed by atoms with Gasteiger partial charge in [-0.05, 0) is 94.1 Å². The molecule has 0 saturated heterocycles. The minimum absolute atomic E-state index is 0.423. The van der Waals surface area contributed by atoms with Crippen molar-refractivity contribution in [2.45, 2.75) is 39.5 Å². The molecule has 0 fully saturated rings. The van der Waals surface area contributed by atoms with Crippen LogP contribution >= 0.6 is 0 Å². The van der Waals surface area contributed by atoms with Gasteiger partial charge in [0.1, 0.15) is 22.8 Å². The fraction of sp³-hybridized carbons (Fsp3) is 0.146. The van der Waals surface area contributed by atoms with E-state index in [4.69, 9.17) is 9.72 Å². The second-order valence-electron chi connectivity index (χ2n) is 13.0. The van der Waals surface area contributed by atoms with Gasteiger partial charge in [-0.25, -0.2) is 9.97 Å². The van der Waals surface area contributed by atoms with Crippen molar-refractivity contribution in [3.05, 3.63) is 127 Å². The summed E-state index contributed by atoms with van der Waals surface area (Å²) in [7, 11) is 0. The average molecular weight is 612 g/mol. The third kappa shape index (κ3) is 4.21. The van der Waals surface area contributed by atoms with E-state index in [1.54, 1.807) is 0 Å². The molecule has 0 unspecified atom stereocenters. The van der Waals surface area contributed by atoms with Crippen LogP contribution < -0.4 is 4.74 Å². The number of imidazole rings is 2. The Hall–Kier alpha value is -5.75. The van der Waals surface area contributed by atoms with Crippen LogP contribution in [0.3, 0.4) is 0 Å². The SMILES string of the molecule is CC(C)c1cccc(C(C)C)c1-c1ccc2c3ccc(Oc4ccc5c(c4)c4nccn4c4cccnc54)cc3c3nccn3c2c1. The molecule has 0 amide bonds. The number of ether oxygens (including phenoxy) is 1. The fourth-order valence-corrected chi connectivity index (χ4v) is 7.31. The maximum absolute atomic E-state index is 6.52. The zero-order chi connectivity index (χ0) is 31.8. The summed E-state index contributed by atoms with van der Waals surface area (Å²) in [6, 6.07) is 30.1. The quantitative estimate of drug-likeness (QED) is 0.182. The lowest BCUT2D eigenvalue weighted by Crippen LogP contribution is -2.00. The number of nitrogens with zero attached hydrogens (tertiary/aromatic N) is 5. The van der Waals surface area contributed by atoms with Crippen LogP contribution in [-0.4, -0.2) is 23.8 Å². The van der Waals surface area contributed by atoms with Crippen LogP contribution in [0.15, 0.2) is 116 Å². The highest BCUT2D eigenvalue weighted by molar-refractivity contribution is 6.13. The van der Waals surface area contributed by atoms with Crippen LogP contribution in [0.25, 0.3) is 65.9 Å². The van der Waals surface area contributed by atoms with E-state index in [1.807, 2.05) is 36.9 Å². The highest BCUT2D eigenvalue weighted by Crippen LogP contribution is 2.40. The minimum atomic E-state index is 0.423. The number of fused-ring (bicyclic) bond motifs is 12. The molecule has 6 nitrogen and oxygen atoms in total. The normalized spacial score (nSPS) is 12.2. The van der Waals surface area contributed by atoms with Gasteiger partial charge in [-0.15, -0.1) is 0 Å². The summed E-state index contributed by atoms with van der Waals surface area (Å²) in [5.74, 6) is 2.34. The second kappa shape index (κ2) is 10.4. The summed E-state index contributed by atoms with van der Waals surface area (Å²) in [6.45, 7) is 9.11. The monoisotopic (exact) mass is 611 g/mol. The van der Waals surface area contributed by atoms with E-state index in [0.29, 0.717) is 11.8 Å². The van der Waals surface area contributed by atoms with Gasteiger partial charge in [0, 0.05) is 52.5 Å². The lowest BCUT2D eigenvalue weighted by atomic mass is 9.84. The summed E-state index contributed by atoms with van der Waals surface area (Å²) in [4.78, 5) is 14.2. The van der Waals surface area contributed by atoms with Crippen LogP contribution in [0.1, 0.15) is 50.7 Å². The molecule has 0 atom stereocenters. The Balaban J connectivity index is 1.18. The van der Waals surface area contributed by atoms with Gasteiger partial charge in [-0.1, -0.05) is 58.0 Å². The molecule has 0 spiro atoms. The van der Waals surface area contributed by atoms with Crippen molar-refractivity contribution in [3.8, 4) is 22.6 Å². The van der Waals surface area contributed by atoms with Gasteiger partial charge in [-0.3, -0.25) is 13.8 Å². The predicted molar refractivity (Wildman–Crippen MR) is 192 cm³/mol. The van der Waals surface area contributed by atoms with Crippen molar-refractivity contribution in [1.29, 1.82) is 0 Å². The van der Waals surface area contributed by atoms with Crippen molar-refractivity contribution in [1.82, 2.24) is 23.8 Å². The van der Waals surface area contributed by atoms with Crippen LogP contribution in [0.2, 0.25) is 0 Å². The van der Waals surface area contributed by atoms with Crippen LogP contribution in [0, 0.1) is 0 Å². The summed E-state index contributed by atoms with van der Waals surface area (Å²) in [5, 5.41) is 5.42. The molecule has 9 aromatic rings. The van der Waals surface area contributed by atoms with E-state index in [9.17, 15) is 0 Å². The molecule has 9 rings (SSSR count). The highest BCUT2D eigenvalue weighted by Gasteiger charge is 2.18. The van der Waals surface area contributed by atoms with Crippen molar-refractivity contribution in [3.63, 3.8) is 0 Å². The molecule has 5 heterocycles. The summed E-state index contributed by atoms with van der Waals surface area (Å²) < 4.78 is 10.8. The molecular formula is C41H33N5O. The molecule has 0 aliphatic heterocycles. The molecule has 0 N–H and O–H groups in total. The number of benzene rings is 4. The Morgan fingerprint density at radius 2 is 1.15 bits per heavy atom. The van der Waals surface area contributed by atoms with Crippen molar-refractivity contribution < 1.29 is 4.74 Å². The Morgan fingerprint density at radius 3 is 1.83 bits per heavy atom. The Kier molecular flexibility index (Phi) is 6.09. The third-order valence-electron chi connectivity index (χ3n) is 9.49. The zero-order valence-electron chi connectivity index (χ0n) is 26.8. The van der Waals surface area contributed by atoms with E-state index in [2.05, 4.69) is 125 Å². The molecule has 5 aromatic heterocycles. The van der Waals surface area contributed by atoms with Gasteiger partial charge >= 0.3 is 0 Å².